The fraction of sp³-hybridized carbons (Fsp3) is 0.417. The molecule has 0 fully saturated rings. The van der Waals surface area contributed by atoms with E-state index in [1.807, 2.05) is 0 Å². The number of rotatable bonds is 2. The molecule has 1 aromatic rings. The summed E-state index contributed by atoms with van der Waals surface area (Å²) < 4.78 is 0. The first kappa shape index (κ1) is 9.25. The molecule has 0 aromatic heterocycles. The summed E-state index contributed by atoms with van der Waals surface area (Å²) in [7, 11) is 0. The van der Waals surface area contributed by atoms with Gasteiger partial charge in [0.1, 0.15) is 6.61 Å². The number of nitrogens with zero attached hydrogens (tertiary/aromatic N) is 1. The van der Waals surface area contributed by atoms with Crippen molar-refractivity contribution in [2.24, 2.45) is 5.16 Å². The molecule has 2 rings (SSSR count). The van der Waals surface area contributed by atoms with Gasteiger partial charge in [-0.25, -0.2) is 0 Å². The van der Waals surface area contributed by atoms with Crippen molar-refractivity contribution in [2.75, 3.05) is 6.61 Å². The molecule has 0 N–H and O–H groups in total. The molecule has 2 nitrogen and oxygen atoms in total. The van der Waals surface area contributed by atoms with Gasteiger partial charge in [0.05, 0.1) is 5.71 Å². The Bertz CT molecular complexity index is 338. The Morgan fingerprint density at radius 1 is 1.21 bits per heavy atom. The highest BCUT2D eigenvalue weighted by molar-refractivity contribution is 6.00. The van der Waals surface area contributed by atoms with Crippen molar-refractivity contribution < 1.29 is 4.84 Å². The van der Waals surface area contributed by atoms with Crippen LogP contribution in [0.2, 0.25) is 0 Å². The highest BCUT2D eigenvalue weighted by atomic mass is 16.6. The van der Waals surface area contributed by atoms with Crippen LogP contribution in [-0.4, -0.2) is 12.3 Å². The van der Waals surface area contributed by atoms with Gasteiger partial charge in [-0.3, -0.25) is 0 Å². The second-order valence-electron chi connectivity index (χ2n) is 3.90. The van der Waals surface area contributed by atoms with Gasteiger partial charge in [0.25, 0.3) is 0 Å². The van der Waals surface area contributed by atoms with Crippen molar-refractivity contribution in [3.8, 4) is 0 Å². The maximum atomic E-state index is 4.98. The molecule has 0 atom stereocenters. The minimum atomic E-state index is 0.589. The molecule has 0 aliphatic carbocycles. The summed E-state index contributed by atoms with van der Waals surface area (Å²) in [5, 5.41) is 4.00. The zero-order chi connectivity index (χ0) is 9.97. The van der Waals surface area contributed by atoms with Gasteiger partial charge in [-0.05, 0) is 17.0 Å². The molecular weight excluding hydrogens is 174 g/mol. The quantitative estimate of drug-likeness (QED) is 0.701. The fourth-order valence-corrected chi connectivity index (χ4v) is 1.57. The molecule has 1 aliphatic heterocycles. The van der Waals surface area contributed by atoms with Crippen LogP contribution in [0.4, 0.5) is 0 Å². The maximum Gasteiger partial charge on any atom is 0.122 e. The third-order valence-electron chi connectivity index (χ3n) is 2.52. The smallest absolute Gasteiger partial charge is 0.122 e. The van der Waals surface area contributed by atoms with E-state index in [4.69, 9.17) is 4.84 Å². The molecule has 0 spiro atoms. The number of hydrogen-bond acceptors (Lipinski definition) is 2. The second-order valence-corrected chi connectivity index (χ2v) is 3.90. The highest BCUT2D eigenvalue weighted by Gasteiger charge is 2.10. The summed E-state index contributed by atoms with van der Waals surface area (Å²) in [6.45, 7) is 5.12. The van der Waals surface area contributed by atoms with Crippen molar-refractivity contribution in [3.63, 3.8) is 0 Å². The van der Waals surface area contributed by atoms with Crippen LogP contribution >= 0.6 is 0 Å². The molecule has 0 saturated heterocycles. The Labute approximate surface area is 84.6 Å². The zero-order valence-electron chi connectivity index (χ0n) is 8.66. The summed E-state index contributed by atoms with van der Waals surface area (Å²) in [6, 6.07) is 8.59. The first-order valence-electron chi connectivity index (χ1n) is 5.06. The average Bonchev–Trinajstić information content (AvgIpc) is 2.71. The monoisotopic (exact) mass is 189 g/mol. The van der Waals surface area contributed by atoms with Crippen LogP contribution in [-0.2, 0) is 4.84 Å². The summed E-state index contributed by atoms with van der Waals surface area (Å²) >= 11 is 0. The predicted molar refractivity (Wildman–Crippen MR) is 57.6 cm³/mol. The zero-order valence-corrected chi connectivity index (χ0v) is 8.66. The van der Waals surface area contributed by atoms with Crippen LogP contribution < -0.4 is 0 Å². The minimum absolute atomic E-state index is 0.589. The normalized spacial score (nSPS) is 15.5. The third-order valence-corrected chi connectivity index (χ3v) is 2.52. The van der Waals surface area contributed by atoms with Crippen LogP contribution in [0, 0.1) is 0 Å². The van der Waals surface area contributed by atoms with Crippen molar-refractivity contribution >= 4 is 5.71 Å². The van der Waals surface area contributed by atoms with E-state index >= 15 is 0 Å². The standard InChI is InChI=1S/C12H15NO/c1-9(2)10-3-5-11(6-4-10)12-7-8-14-13-12/h3-6,9H,7-8H2,1-2H3. The molecule has 74 valence electrons. The molecular formula is C12H15NO. The van der Waals surface area contributed by atoms with Crippen molar-refractivity contribution in [1.82, 2.24) is 0 Å². The lowest BCUT2D eigenvalue weighted by Gasteiger charge is -2.05. The second kappa shape index (κ2) is 3.82. The summed E-state index contributed by atoms with van der Waals surface area (Å²) in [6.07, 6.45) is 0.932. The van der Waals surface area contributed by atoms with Gasteiger partial charge in [-0.1, -0.05) is 43.3 Å². The molecule has 0 bridgehead atoms. The van der Waals surface area contributed by atoms with E-state index in [-0.39, 0.29) is 0 Å². The average molecular weight is 189 g/mol. The van der Waals surface area contributed by atoms with Crippen LogP contribution in [0.25, 0.3) is 0 Å². The van der Waals surface area contributed by atoms with E-state index in [0.717, 1.165) is 18.7 Å². The van der Waals surface area contributed by atoms with Crippen molar-refractivity contribution in [2.45, 2.75) is 26.2 Å². The van der Waals surface area contributed by atoms with Crippen LogP contribution in [0.15, 0.2) is 29.4 Å². The molecule has 2 heteroatoms. The summed E-state index contributed by atoms with van der Waals surface area (Å²) in [4.78, 5) is 4.98. The molecule has 14 heavy (non-hydrogen) atoms. The Morgan fingerprint density at radius 3 is 2.43 bits per heavy atom. The Kier molecular flexibility index (Phi) is 2.53. The summed E-state index contributed by atoms with van der Waals surface area (Å²) in [5.41, 5.74) is 3.63. The topological polar surface area (TPSA) is 21.6 Å². The van der Waals surface area contributed by atoms with Crippen molar-refractivity contribution in [1.29, 1.82) is 0 Å². The van der Waals surface area contributed by atoms with Crippen molar-refractivity contribution in [3.05, 3.63) is 35.4 Å². The molecule has 0 saturated carbocycles. The molecule has 0 unspecified atom stereocenters. The van der Waals surface area contributed by atoms with E-state index in [1.165, 1.54) is 11.1 Å². The van der Waals surface area contributed by atoms with E-state index < -0.39 is 0 Å². The van der Waals surface area contributed by atoms with Crippen LogP contribution in [0.5, 0.6) is 0 Å². The predicted octanol–water partition coefficient (Wildman–Crippen LogP) is 2.93. The summed E-state index contributed by atoms with van der Waals surface area (Å²) in [5.74, 6) is 0.589. The van der Waals surface area contributed by atoms with E-state index in [2.05, 4.69) is 43.3 Å². The van der Waals surface area contributed by atoms with E-state index in [0.29, 0.717) is 5.92 Å². The van der Waals surface area contributed by atoms with Gasteiger partial charge in [-0.2, -0.15) is 0 Å². The fourth-order valence-electron chi connectivity index (χ4n) is 1.57. The van der Waals surface area contributed by atoms with Gasteiger partial charge >= 0.3 is 0 Å². The Balaban J connectivity index is 2.21. The first-order chi connectivity index (χ1) is 6.77. The Morgan fingerprint density at radius 2 is 1.93 bits per heavy atom. The molecule has 1 aliphatic rings. The third kappa shape index (κ3) is 1.79. The number of oxime groups is 1. The Hall–Kier alpha value is -1.31. The van der Waals surface area contributed by atoms with Crippen LogP contribution in [0.1, 0.15) is 37.3 Å². The highest BCUT2D eigenvalue weighted by Crippen LogP contribution is 2.17. The maximum absolute atomic E-state index is 4.98. The lowest BCUT2D eigenvalue weighted by atomic mass is 10.00. The number of benzene rings is 1. The van der Waals surface area contributed by atoms with Gasteiger partial charge in [0.2, 0.25) is 0 Å². The SMILES string of the molecule is CC(C)c1ccc(C2=NOCC2)cc1. The molecule has 0 radical (unpaired) electrons. The first-order valence-corrected chi connectivity index (χ1v) is 5.06. The molecule has 1 aromatic carbocycles. The van der Waals surface area contributed by atoms with Gasteiger partial charge in [0, 0.05) is 6.42 Å². The lowest BCUT2D eigenvalue weighted by Crippen LogP contribution is -1.97. The van der Waals surface area contributed by atoms with Gasteiger partial charge in [-0.15, -0.1) is 0 Å². The molecule has 1 heterocycles. The number of hydrogen-bond donors (Lipinski definition) is 0. The van der Waals surface area contributed by atoms with Gasteiger partial charge < -0.3 is 4.84 Å². The van der Waals surface area contributed by atoms with Crippen LogP contribution in [0.3, 0.4) is 0 Å². The minimum Gasteiger partial charge on any atom is -0.395 e. The van der Waals surface area contributed by atoms with E-state index in [1.54, 1.807) is 0 Å². The van der Waals surface area contributed by atoms with E-state index in [9.17, 15) is 0 Å². The largest absolute Gasteiger partial charge is 0.395 e. The molecule has 0 amide bonds. The lowest BCUT2D eigenvalue weighted by molar-refractivity contribution is 0.174. The van der Waals surface area contributed by atoms with Gasteiger partial charge in [0.15, 0.2) is 0 Å².